The molecule has 0 atom stereocenters. The molecule has 0 saturated heterocycles. The molecule has 0 saturated carbocycles. The molecule has 0 bridgehead atoms. The van der Waals surface area contributed by atoms with Gasteiger partial charge in [-0.2, -0.15) is 0 Å². The van der Waals surface area contributed by atoms with Crippen LogP contribution in [0.4, 0.5) is 0 Å². The van der Waals surface area contributed by atoms with Crippen LogP contribution in [0.1, 0.15) is 26.3 Å². The number of nitrogens with one attached hydrogen (secondary N) is 1. The average molecular weight is 250 g/mol. The number of fused-ring (bicyclic) bond motifs is 1. The first kappa shape index (κ1) is 12.0. The molecule has 96 valence electrons. The molecule has 0 aliphatic rings. The van der Waals surface area contributed by atoms with Crippen LogP contribution in [-0.2, 0) is 5.41 Å². The van der Waals surface area contributed by atoms with E-state index >= 15 is 0 Å². The maximum Gasteiger partial charge on any atom is 0.137 e. The first-order valence-corrected chi connectivity index (χ1v) is 6.58. The summed E-state index contributed by atoms with van der Waals surface area (Å²) in [4.78, 5) is 7.55. The van der Waals surface area contributed by atoms with Crippen molar-refractivity contribution in [2.75, 3.05) is 0 Å². The molecule has 2 heterocycles. The number of hydrogen-bond donors (Lipinski definition) is 1. The Bertz CT molecular complexity index is 700. The van der Waals surface area contributed by atoms with Gasteiger partial charge in [0.25, 0.3) is 0 Å². The molecule has 2 nitrogen and oxygen atoms in total. The zero-order chi connectivity index (χ0) is 13.5. The van der Waals surface area contributed by atoms with Gasteiger partial charge in [0.05, 0.1) is 0 Å². The van der Waals surface area contributed by atoms with Gasteiger partial charge in [-0.3, -0.25) is 0 Å². The maximum absolute atomic E-state index is 4.43. The van der Waals surface area contributed by atoms with Crippen LogP contribution in [0.25, 0.3) is 22.2 Å². The van der Waals surface area contributed by atoms with E-state index in [0.29, 0.717) is 0 Å². The Kier molecular flexibility index (Phi) is 2.67. The van der Waals surface area contributed by atoms with E-state index in [1.54, 1.807) is 0 Å². The van der Waals surface area contributed by atoms with Crippen molar-refractivity contribution < 1.29 is 0 Å². The Hall–Kier alpha value is -2.09. The number of benzene rings is 1. The zero-order valence-electron chi connectivity index (χ0n) is 11.6. The van der Waals surface area contributed by atoms with E-state index in [1.165, 1.54) is 11.1 Å². The fraction of sp³-hybridized carbons (Fsp3) is 0.235. The second-order valence-corrected chi connectivity index (χ2v) is 5.97. The summed E-state index contributed by atoms with van der Waals surface area (Å²) in [7, 11) is 0. The number of pyridine rings is 1. The summed E-state index contributed by atoms with van der Waals surface area (Å²) in [5.74, 6) is 0. The number of H-pyrrole nitrogens is 1. The van der Waals surface area contributed by atoms with E-state index < -0.39 is 0 Å². The predicted octanol–water partition coefficient (Wildman–Crippen LogP) is 4.53. The molecule has 1 aromatic carbocycles. The van der Waals surface area contributed by atoms with Crippen molar-refractivity contribution in [2.24, 2.45) is 0 Å². The second kappa shape index (κ2) is 4.23. The van der Waals surface area contributed by atoms with Crippen molar-refractivity contribution in [3.8, 4) is 11.1 Å². The van der Waals surface area contributed by atoms with Crippen LogP contribution >= 0.6 is 0 Å². The minimum atomic E-state index is 0.196. The van der Waals surface area contributed by atoms with E-state index in [0.717, 1.165) is 16.6 Å². The van der Waals surface area contributed by atoms with Crippen molar-refractivity contribution >= 4 is 11.0 Å². The van der Waals surface area contributed by atoms with Gasteiger partial charge in [-0.1, -0.05) is 45.0 Å². The molecular formula is C17H18N2. The number of rotatable bonds is 1. The Morgan fingerprint density at radius 2 is 1.68 bits per heavy atom. The second-order valence-electron chi connectivity index (χ2n) is 5.97. The molecule has 0 radical (unpaired) electrons. The number of hydrogen-bond acceptors (Lipinski definition) is 1. The number of aromatic nitrogens is 2. The molecule has 0 aliphatic heterocycles. The van der Waals surface area contributed by atoms with Gasteiger partial charge in [0.1, 0.15) is 5.65 Å². The number of nitrogens with zero attached hydrogens (tertiary/aromatic N) is 1. The normalized spacial score (nSPS) is 11.9. The van der Waals surface area contributed by atoms with Crippen molar-refractivity contribution in [1.29, 1.82) is 0 Å². The Morgan fingerprint density at radius 3 is 2.37 bits per heavy atom. The Morgan fingerprint density at radius 1 is 0.947 bits per heavy atom. The molecule has 0 spiro atoms. The lowest BCUT2D eigenvalue weighted by molar-refractivity contribution is 0.590. The van der Waals surface area contributed by atoms with Gasteiger partial charge in [-0.25, -0.2) is 4.98 Å². The highest BCUT2D eigenvalue weighted by Crippen LogP contribution is 2.27. The van der Waals surface area contributed by atoms with Gasteiger partial charge in [0, 0.05) is 23.3 Å². The van der Waals surface area contributed by atoms with Crippen LogP contribution in [0.5, 0.6) is 0 Å². The third kappa shape index (κ3) is 2.26. The third-order valence-electron chi connectivity index (χ3n) is 3.48. The van der Waals surface area contributed by atoms with Crippen molar-refractivity contribution in [3.05, 3.63) is 54.4 Å². The lowest BCUT2D eigenvalue weighted by Gasteiger charge is -2.19. The van der Waals surface area contributed by atoms with E-state index in [2.05, 4.69) is 67.1 Å². The van der Waals surface area contributed by atoms with Crippen molar-refractivity contribution in [2.45, 2.75) is 26.2 Å². The van der Waals surface area contributed by atoms with Gasteiger partial charge >= 0.3 is 0 Å². The molecular weight excluding hydrogens is 232 g/mol. The lowest BCUT2D eigenvalue weighted by Crippen LogP contribution is -2.10. The lowest BCUT2D eigenvalue weighted by atomic mass is 9.86. The fourth-order valence-electron chi connectivity index (χ4n) is 2.26. The zero-order valence-corrected chi connectivity index (χ0v) is 11.6. The molecule has 0 fully saturated rings. The smallest absolute Gasteiger partial charge is 0.137 e. The highest BCUT2D eigenvalue weighted by atomic mass is 14.8. The maximum atomic E-state index is 4.43. The molecule has 3 aromatic rings. The molecule has 0 amide bonds. The summed E-state index contributed by atoms with van der Waals surface area (Å²) in [5, 5.41) is 1.15. The minimum absolute atomic E-state index is 0.196. The number of aromatic amines is 1. The largest absolute Gasteiger partial charge is 0.346 e. The quantitative estimate of drug-likeness (QED) is 0.675. The Labute approximate surface area is 113 Å². The van der Waals surface area contributed by atoms with Gasteiger partial charge in [-0.15, -0.1) is 0 Å². The molecule has 1 N–H and O–H groups in total. The average Bonchev–Trinajstić information content (AvgIpc) is 2.85. The first-order valence-electron chi connectivity index (χ1n) is 6.58. The van der Waals surface area contributed by atoms with Crippen molar-refractivity contribution in [3.63, 3.8) is 0 Å². The van der Waals surface area contributed by atoms with E-state index in [9.17, 15) is 0 Å². The van der Waals surface area contributed by atoms with Gasteiger partial charge < -0.3 is 4.98 Å². The van der Waals surface area contributed by atoms with Crippen LogP contribution in [0.2, 0.25) is 0 Å². The van der Waals surface area contributed by atoms with Gasteiger partial charge in [0.15, 0.2) is 0 Å². The highest BCUT2D eigenvalue weighted by molar-refractivity contribution is 5.81. The Balaban J connectivity index is 2.01. The third-order valence-corrected chi connectivity index (χ3v) is 3.48. The van der Waals surface area contributed by atoms with Crippen LogP contribution < -0.4 is 0 Å². The summed E-state index contributed by atoms with van der Waals surface area (Å²) in [5.41, 5.74) is 4.86. The van der Waals surface area contributed by atoms with Crippen molar-refractivity contribution in [1.82, 2.24) is 9.97 Å². The van der Waals surface area contributed by atoms with E-state index in [-0.39, 0.29) is 5.41 Å². The highest BCUT2D eigenvalue weighted by Gasteiger charge is 2.13. The van der Waals surface area contributed by atoms with Gasteiger partial charge in [0.2, 0.25) is 0 Å². The summed E-state index contributed by atoms with van der Waals surface area (Å²) < 4.78 is 0. The van der Waals surface area contributed by atoms with Crippen LogP contribution in [-0.4, -0.2) is 9.97 Å². The van der Waals surface area contributed by atoms with Crippen LogP contribution in [0.3, 0.4) is 0 Å². The molecule has 0 unspecified atom stereocenters. The van der Waals surface area contributed by atoms with Crippen LogP contribution in [0, 0.1) is 0 Å². The van der Waals surface area contributed by atoms with Crippen LogP contribution in [0.15, 0.2) is 48.8 Å². The first-order chi connectivity index (χ1) is 9.04. The fourth-order valence-corrected chi connectivity index (χ4v) is 2.26. The monoisotopic (exact) mass is 250 g/mol. The molecule has 3 rings (SSSR count). The van der Waals surface area contributed by atoms with Gasteiger partial charge in [-0.05, 0) is 28.7 Å². The summed E-state index contributed by atoms with van der Waals surface area (Å²) in [6.07, 6.45) is 3.84. The molecule has 2 aromatic heterocycles. The van der Waals surface area contributed by atoms with E-state index in [1.807, 2.05) is 12.4 Å². The summed E-state index contributed by atoms with van der Waals surface area (Å²) in [6.45, 7) is 6.69. The van der Waals surface area contributed by atoms with E-state index in [4.69, 9.17) is 0 Å². The molecule has 19 heavy (non-hydrogen) atoms. The summed E-state index contributed by atoms with van der Waals surface area (Å²) in [6, 6.07) is 13.0. The molecule has 2 heteroatoms. The standard InChI is InChI=1S/C17H18N2/c1-17(2,3)15-6-4-12(5-7-15)14-10-13-8-9-18-16(13)19-11-14/h4-11H,1-3H3,(H,18,19). The predicted molar refractivity (Wildman–Crippen MR) is 80.2 cm³/mol. The summed E-state index contributed by atoms with van der Waals surface area (Å²) >= 11 is 0. The SMILES string of the molecule is CC(C)(C)c1ccc(-c2cnc3[nH]ccc3c2)cc1. The topological polar surface area (TPSA) is 28.7 Å². The molecule has 0 aliphatic carbocycles. The minimum Gasteiger partial charge on any atom is -0.346 e.